The number of rotatable bonds is 6. The highest BCUT2D eigenvalue weighted by atomic mass is 32.2. The molecule has 1 unspecified atom stereocenters. The van der Waals surface area contributed by atoms with E-state index in [4.69, 9.17) is 0 Å². The molecule has 0 radical (unpaired) electrons. The second kappa shape index (κ2) is 8.73. The van der Waals surface area contributed by atoms with Crippen LogP contribution in [-0.2, 0) is 9.59 Å². The molecule has 0 bridgehead atoms. The van der Waals surface area contributed by atoms with Crippen molar-refractivity contribution < 1.29 is 9.59 Å². The number of carbonyl (C=O) groups is 2. The topological polar surface area (TPSA) is 58.2 Å². The number of carbonyl (C=O) groups excluding carboxylic acids is 2. The van der Waals surface area contributed by atoms with Gasteiger partial charge in [0.25, 0.3) is 0 Å². The van der Waals surface area contributed by atoms with Gasteiger partial charge in [0.05, 0.1) is 11.8 Å². The highest BCUT2D eigenvalue weighted by Gasteiger charge is 2.12. The number of thioether (sulfide) groups is 1. The number of anilines is 1. The van der Waals surface area contributed by atoms with Gasteiger partial charge in [0.15, 0.2) is 0 Å². The molecule has 0 saturated heterocycles. The molecule has 4 nitrogen and oxygen atoms in total. The molecule has 3 aromatic carbocycles. The summed E-state index contributed by atoms with van der Waals surface area (Å²) in [6, 6.07) is 21.7. The molecule has 0 aliphatic carbocycles. The molecule has 138 valence electrons. The van der Waals surface area contributed by atoms with Crippen LogP contribution in [0.3, 0.4) is 0 Å². The van der Waals surface area contributed by atoms with Gasteiger partial charge in [-0.05, 0) is 47.5 Å². The summed E-state index contributed by atoms with van der Waals surface area (Å²) in [5.74, 6) is 0.234. The molecule has 3 rings (SSSR count). The van der Waals surface area contributed by atoms with Gasteiger partial charge in [0, 0.05) is 17.5 Å². The van der Waals surface area contributed by atoms with Crippen LogP contribution in [-0.4, -0.2) is 17.6 Å². The van der Waals surface area contributed by atoms with Gasteiger partial charge in [0.1, 0.15) is 0 Å². The molecular weight excluding hydrogens is 356 g/mol. The van der Waals surface area contributed by atoms with Gasteiger partial charge >= 0.3 is 0 Å². The molecule has 2 N–H and O–H groups in total. The van der Waals surface area contributed by atoms with Gasteiger partial charge in [-0.3, -0.25) is 9.59 Å². The van der Waals surface area contributed by atoms with Gasteiger partial charge in [-0.2, -0.15) is 0 Å². The van der Waals surface area contributed by atoms with E-state index < -0.39 is 0 Å². The van der Waals surface area contributed by atoms with Crippen molar-refractivity contribution in [2.24, 2.45) is 0 Å². The van der Waals surface area contributed by atoms with E-state index in [1.165, 1.54) is 24.1 Å². The van der Waals surface area contributed by atoms with Crippen LogP contribution in [0.2, 0.25) is 0 Å². The van der Waals surface area contributed by atoms with Crippen molar-refractivity contribution in [3.8, 4) is 0 Å². The smallest absolute Gasteiger partial charge is 0.230 e. The van der Waals surface area contributed by atoms with Crippen LogP contribution < -0.4 is 10.6 Å². The SMILES string of the molecule is CC(=O)Nc1ccc(SCC(=O)NC(C)c2cccc3ccccc23)cc1. The molecule has 0 fully saturated rings. The van der Waals surface area contributed by atoms with Crippen LogP contribution in [0.4, 0.5) is 5.69 Å². The fourth-order valence-electron chi connectivity index (χ4n) is 2.98. The first-order valence-electron chi connectivity index (χ1n) is 8.80. The molecule has 0 spiro atoms. The number of nitrogens with one attached hydrogen (secondary N) is 2. The largest absolute Gasteiger partial charge is 0.349 e. The van der Waals surface area contributed by atoms with E-state index >= 15 is 0 Å². The molecule has 0 aliphatic rings. The lowest BCUT2D eigenvalue weighted by Crippen LogP contribution is -2.28. The van der Waals surface area contributed by atoms with E-state index in [9.17, 15) is 9.59 Å². The lowest BCUT2D eigenvalue weighted by molar-refractivity contribution is -0.119. The van der Waals surface area contributed by atoms with Crippen molar-refractivity contribution in [3.05, 3.63) is 72.3 Å². The van der Waals surface area contributed by atoms with Crippen molar-refractivity contribution in [2.45, 2.75) is 24.8 Å². The van der Waals surface area contributed by atoms with Crippen molar-refractivity contribution in [2.75, 3.05) is 11.1 Å². The van der Waals surface area contributed by atoms with E-state index in [0.29, 0.717) is 5.75 Å². The number of hydrogen-bond acceptors (Lipinski definition) is 3. The Morgan fingerprint density at radius 1 is 0.963 bits per heavy atom. The summed E-state index contributed by atoms with van der Waals surface area (Å²) in [5.41, 5.74) is 1.87. The minimum atomic E-state index is -0.0998. The second-order valence-corrected chi connectivity index (χ2v) is 7.40. The molecule has 0 aliphatic heterocycles. The molecule has 3 aromatic rings. The third-order valence-corrected chi connectivity index (χ3v) is 5.22. The first kappa shape index (κ1) is 19.0. The molecule has 0 saturated carbocycles. The third-order valence-electron chi connectivity index (χ3n) is 4.21. The van der Waals surface area contributed by atoms with E-state index in [2.05, 4.69) is 34.9 Å². The Morgan fingerprint density at radius 2 is 1.67 bits per heavy atom. The summed E-state index contributed by atoms with van der Waals surface area (Å²) in [7, 11) is 0. The van der Waals surface area contributed by atoms with Crippen LogP contribution in [0.1, 0.15) is 25.5 Å². The van der Waals surface area contributed by atoms with E-state index in [0.717, 1.165) is 21.5 Å². The molecule has 1 atom stereocenters. The maximum absolute atomic E-state index is 12.4. The van der Waals surface area contributed by atoms with E-state index in [1.54, 1.807) is 0 Å². The van der Waals surface area contributed by atoms with Gasteiger partial charge in [-0.1, -0.05) is 42.5 Å². The number of hydrogen-bond donors (Lipinski definition) is 2. The predicted octanol–water partition coefficient (Wildman–Crippen LogP) is 4.77. The zero-order valence-electron chi connectivity index (χ0n) is 15.4. The molecule has 0 aromatic heterocycles. The third kappa shape index (κ3) is 5.11. The molecule has 2 amide bonds. The van der Waals surface area contributed by atoms with Crippen LogP contribution >= 0.6 is 11.8 Å². The lowest BCUT2D eigenvalue weighted by Gasteiger charge is -2.16. The average molecular weight is 378 g/mol. The second-order valence-electron chi connectivity index (χ2n) is 6.35. The molecule has 27 heavy (non-hydrogen) atoms. The maximum atomic E-state index is 12.4. The summed E-state index contributed by atoms with van der Waals surface area (Å²) < 4.78 is 0. The van der Waals surface area contributed by atoms with Gasteiger partial charge in [-0.25, -0.2) is 0 Å². The van der Waals surface area contributed by atoms with E-state index in [-0.39, 0.29) is 17.9 Å². The Morgan fingerprint density at radius 3 is 2.41 bits per heavy atom. The van der Waals surface area contributed by atoms with Gasteiger partial charge in [0.2, 0.25) is 11.8 Å². The highest BCUT2D eigenvalue weighted by Crippen LogP contribution is 2.25. The standard InChI is InChI=1S/C22H22N2O2S/c1-15(20-9-5-7-17-6-3-4-8-21(17)20)23-22(26)14-27-19-12-10-18(11-13-19)24-16(2)25/h3-13,15H,14H2,1-2H3,(H,23,26)(H,24,25). The molecule has 0 heterocycles. The molecular formula is C22H22N2O2S. The van der Waals surface area contributed by atoms with Crippen molar-refractivity contribution in [3.63, 3.8) is 0 Å². The first-order valence-corrected chi connectivity index (χ1v) is 9.79. The lowest BCUT2D eigenvalue weighted by atomic mass is 10.00. The Bertz CT molecular complexity index is 949. The quantitative estimate of drug-likeness (QED) is 0.608. The summed E-state index contributed by atoms with van der Waals surface area (Å²) in [4.78, 5) is 24.4. The summed E-state index contributed by atoms with van der Waals surface area (Å²) in [5, 5.41) is 8.14. The Labute approximate surface area is 163 Å². The zero-order valence-corrected chi connectivity index (χ0v) is 16.2. The zero-order chi connectivity index (χ0) is 19.2. The Balaban J connectivity index is 1.58. The fraction of sp³-hybridized carbons (Fsp3) is 0.182. The highest BCUT2D eigenvalue weighted by molar-refractivity contribution is 8.00. The number of fused-ring (bicyclic) bond motifs is 1. The Kier molecular flexibility index (Phi) is 6.14. The van der Waals surface area contributed by atoms with Crippen molar-refractivity contribution >= 4 is 40.0 Å². The number of amides is 2. The van der Waals surface area contributed by atoms with E-state index in [1.807, 2.05) is 49.4 Å². The fourth-order valence-corrected chi connectivity index (χ4v) is 3.69. The predicted molar refractivity (Wildman–Crippen MR) is 112 cm³/mol. The maximum Gasteiger partial charge on any atom is 0.230 e. The average Bonchev–Trinajstić information content (AvgIpc) is 2.66. The first-order chi connectivity index (χ1) is 13.0. The van der Waals surface area contributed by atoms with Crippen LogP contribution in [0.15, 0.2) is 71.6 Å². The van der Waals surface area contributed by atoms with Crippen LogP contribution in [0.5, 0.6) is 0 Å². The van der Waals surface area contributed by atoms with Gasteiger partial charge in [-0.15, -0.1) is 11.8 Å². The number of benzene rings is 3. The monoisotopic (exact) mass is 378 g/mol. The van der Waals surface area contributed by atoms with Crippen LogP contribution in [0, 0.1) is 0 Å². The van der Waals surface area contributed by atoms with Crippen molar-refractivity contribution in [1.29, 1.82) is 0 Å². The summed E-state index contributed by atoms with van der Waals surface area (Å²) in [6.45, 7) is 3.48. The minimum absolute atomic E-state index is 0.00799. The summed E-state index contributed by atoms with van der Waals surface area (Å²) >= 11 is 1.47. The van der Waals surface area contributed by atoms with Gasteiger partial charge < -0.3 is 10.6 Å². The van der Waals surface area contributed by atoms with Crippen LogP contribution in [0.25, 0.3) is 10.8 Å². The normalized spacial score (nSPS) is 11.8. The minimum Gasteiger partial charge on any atom is -0.349 e. The molecule has 5 heteroatoms. The Hall–Kier alpha value is -2.79. The summed E-state index contributed by atoms with van der Waals surface area (Å²) in [6.07, 6.45) is 0. The van der Waals surface area contributed by atoms with Crippen molar-refractivity contribution in [1.82, 2.24) is 5.32 Å².